The van der Waals surface area contributed by atoms with Crippen molar-refractivity contribution in [2.45, 2.75) is 25.7 Å². The second-order valence-electron chi connectivity index (χ2n) is 8.69. The number of benzene rings is 3. The van der Waals surface area contributed by atoms with Crippen LogP contribution in [0.5, 0.6) is 17.4 Å². The van der Waals surface area contributed by atoms with Gasteiger partial charge in [-0.2, -0.15) is 0 Å². The minimum atomic E-state index is -1.06. The number of nitrogens with zero attached hydrogens (tertiary/aromatic N) is 1. The lowest BCUT2D eigenvalue weighted by molar-refractivity contribution is 0.0696. The molecule has 1 aliphatic rings. The summed E-state index contributed by atoms with van der Waals surface area (Å²) in [7, 11) is 0. The third kappa shape index (κ3) is 4.55. The number of aryl methyl sites for hydroxylation is 1. The van der Waals surface area contributed by atoms with Gasteiger partial charge in [0.2, 0.25) is 5.88 Å². The molecule has 1 fully saturated rings. The highest BCUT2D eigenvalue weighted by Gasteiger charge is 2.26. The molecule has 6 nitrogen and oxygen atoms in total. The van der Waals surface area contributed by atoms with E-state index in [0.29, 0.717) is 29.9 Å². The molecule has 0 bridgehead atoms. The van der Waals surface area contributed by atoms with E-state index in [-0.39, 0.29) is 28.9 Å². The molecule has 1 saturated heterocycles. The Kier molecular flexibility index (Phi) is 6.09. The first-order chi connectivity index (χ1) is 16.9. The fraction of sp³-hybridized carbons (Fsp3) is 0.214. The van der Waals surface area contributed by atoms with Crippen LogP contribution in [0.15, 0.2) is 60.7 Å². The Balaban J connectivity index is 1.75. The number of aromatic carboxylic acids is 1. The van der Waals surface area contributed by atoms with Gasteiger partial charge in [-0.05, 0) is 84.8 Å². The molecular formula is C28H24FNO5. The van der Waals surface area contributed by atoms with Crippen LogP contribution in [-0.2, 0) is 4.74 Å². The van der Waals surface area contributed by atoms with Gasteiger partial charge in [0.1, 0.15) is 17.3 Å². The number of aromatic nitrogens is 1. The Morgan fingerprint density at radius 2 is 1.86 bits per heavy atom. The van der Waals surface area contributed by atoms with E-state index in [9.17, 15) is 19.4 Å². The lowest BCUT2D eigenvalue weighted by Crippen LogP contribution is -2.16. The van der Waals surface area contributed by atoms with Crippen molar-refractivity contribution < 1.29 is 28.9 Å². The van der Waals surface area contributed by atoms with Gasteiger partial charge in [-0.25, -0.2) is 14.2 Å². The molecule has 7 heteroatoms. The normalized spacial score (nSPS) is 14.2. The van der Waals surface area contributed by atoms with E-state index in [1.807, 2.05) is 6.07 Å². The van der Waals surface area contributed by atoms with Crippen LogP contribution in [0, 0.1) is 12.7 Å². The summed E-state index contributed by atoms with van der Waals surface area (Å²) in [6.07, 6.45) is 1.55. The number of ether oxygens (including phenoxy) is 2. The number of phenolic OH excluding ortho intramolecular Hbond substituents is 1. The van der Waals surface area contributed by atoms with Crippen molar-refractivity contribution >= 4 is 16.7 Å². The van der Waals surface area contributed by atoms with E-state index in [4.69, 9.17) is 14.5 Å². The highest BCUT2D eigenvalue weighted by atomic mass is 19.1. The fourth-order valence-corrected chi connectivity index (χ4v) is 4.54. The first-order valence-corrected chi connectivity index (χ1v) is 11.4. The predicted octanol–water partition coefficient (Wildman–Crippen LogP) is 6.44. The molecule has 0 radical (unpaired) electrons. The molecular weight excluding hydrogens is 449 g/mol. The first-order valence-electron chi connectivity index (χ1n) is 11.4. The van der Waals surface area contributed by atoms with Gasteiger partial charge >= 0.3 is 5.97 Å². The minimum Gasteiger partial charge on any atom is -0.508 e. The number of hydrogen-bond donors (Lipinski definition) is 2. The molecule has 2 N–H and O–H groups in total. The van der Waals surface area contributed by atoms with Gasteiger partial charge in [0.15, 0.2) is 0 Å². The molecule has 1 aromatic heterocycles. The Morgan fingerprint density at radius 3 is 2.60 bits per heavy atom. The van der Waals surface area contributed by atoms with Gasteiger partial charge in [0.05, 0.1) is 11.3 Å². The molecule has 0 unspecified atom stereocenters. The number of carboxylic acid groups (broad SMARTS) is 1. The summed E-state index contributed by atoms with van der Waals surface area (Å²) in [5.74, 6) is -0.614. The summed E-state index contributed by atoms with van der Waals surface area (Å²) in [5.41, 5.74) is 3.12. The van der Waals surface area contributed by atoms with Crippen LogP contribution in [0.25, 0.3) is 21.9 Å². The van der Waals surface area contributed by atoms with Gasteiger partial charge < -0.3 is 19.7 Å². The van der Waals surface area contributed by atoms with Gasteiger partial charge in [0, 0.05) is 30.1 Å². The zero-order valence-electron chi connectivity index (χ0n) is 19.1. The maximum atomic E-state index is 14.1. The van der Waals surface area contributed by atoms with Crippen LogP contribution in [0.4, 0.5) is 4.39 Å². The van der Waals surface area contributed by atoms with E-state index in [1.54, 1.807) is 43.3 Å². The van der Waals surface area contributed by atoms with E-state index >= 15 is 0 Å². The molecule has 0 spiro atoms. The lowest BCUT2D eigenvalue weighted by Gasteiger charge is -2.26. The number of halogens is 1. The number of fused-ring (bicyclic) bond motifs is 1. The predicted molar refractivity (Wildman–Crippen MR) is 130 cm³/mol. The molecule has 0 aliphatic carbocycles. The SMILES string of the molecule is Cc1cc(-c2c(C3CCOCC3)nc(Oc3cccc(C(=O)O)c3)c3cc(O)ccc23)ccc1F. The van der Waals surface area contributed by atoms with E-state index < -0.39 is 5.97 Å². The number of pyridine rings is 1. The standard InChI is InChI=1S/C28H24FNO5/c1-16-13-18(5-8-24(16)29)25-22-7-6-20(31)15-23(22)27(30-26(25)17-9-11-34-12-10-17)35-21-4-2-3-19(14-21)28(32)33/h2-8,13-15,17,31H,9-12H2,1H3,(H,32,33). The number of hydrogen-bond acceptors (Lipinski definition) is 5. The van der Waals surface area contributed by atoms with Crippen molar-refractivity contribution in [3.8, 4) is 28.5 Å². The highest BCUT2D eigenvalue weighted by molar-refractivity contribution is 6.01. The number of aromatic hydroxyl groups is 1. The van der Waals surface area contributed by atoms with Crippen LogP contribution in [0.2, 0.25) is 0 Å². The second-order valence-corrected chi connectivity index (χ2v) is 8.69. The van der Waals surface area contributed by atoms with Gasteiger partial charge in [-0.3, -0.25) is 0 Å². The monoisotopic (exact) mass is 473 g/mol. The quantitative estimate of drug-likeness (QED) is 0.347. The second kappa shape index (κ2) is 9.35. The molecule has 0 amide bonds. The molecule has 4 aromatic rings. The molecule has 3 aromatic carbocycles. The van der Waals surface area contributed by atoms with Crippen LogP contribution in [0.1, 0.15) is 40.4 Å². The summed E-state index contributed by atoms with van der Waals surface area (Å²) in [6, 6.07) is 16.2. The summed E-state index contributed by atoms with van der Waals surface area (Å²) in [6.45, 7) is 2.94. The molecule has 178 valence electrons. The maximum Gasteiger partial charge on any atom is 0.335 e. The van der Waals surface area contributed by atoms with E-state index in [0.717, 1.165) is 35.0 Å². The number of rotatable bonds is 5. The Hall–Kier alpha value is -3.97. The Bertz CT molecular complexity index is 1430. The molecule has 0 saturated carbocycles. The summed E-state index contributed by atoms with van der Waals surface area (Å²) >= 11 is 0. The van der Waals surface area contributed by atoms with Gasteiger partial charge in [-0.15, -0.1) is 0 Å². The summed E-state index contributed by atoms with van der Waals surface area (Å²) in [5, 5.41) is 21.0. The molecule has 35 heavy (non-hydrogen) atoms. The molecule has 2 heterocycles. The lowest BCUT2D eigenvalue weighted by atomic mass is 9.87. The van der Waals surface area contributed by atoms with Gasteiger partial charge in [0.25, 0.3) is 0 Å². The van der Waals surface area contributed by atoms with Crippen molar-refractivity contribution in [1.82, 2.24) is 4.98 Å². The fourth-order valence-electron chi connectivity index (χ4n) is 4.54. The largest absolute Gasteiger partial charge is 0.508 e. The number of phenols is 1. The van der Waals surface area contributed by atoms with Crippen LogP contribution in [0.3, 0.4) is 0 Å². The zero-order valence-corrected chi connectivity index (χ0v) is 19.1. The Labute approximate surface area is 201 Å². The zero-order chi connectivity index (χ0) is 24.5. The first kappa shape index (κ1) is 22.8. The van der Waals surface area contributed by atoms with E-state index in [2.05, 4.69) is 0 Å². The average Bonchev–Trinajstić information content (AvgIpc) is 2.86. The third-order valence-electron chi connectivity index (χ3n) is 6.33. The van der Waals surface area contributed by atoms with Crippen LogP contribution in [-0.4, -0.2) is 34.4 Å². The molecule has 5 rings (SSSR count). The minimum absolute atomic E-state index is 0.0449. The van der Waals surface area contributed by atoms with Crippen molar-refractivity contribution in [2.24, 2.45) is 0 Å². The van der Waals surface area contributed by atoms with Gasteiger partial charge in [-0.1, -0.05) is 12.1 Å². The van der Waals surface area contributed by atoms with Crippen molar-refractivity contribution in [2.75, 3.05) is 13.2 Å². The topological polar surface area (TPSA) is 88.9 Å². The van der Waals surface area contributed by atoms with Crippen LogP contribution >= 0.6 is 0 Å². The maximum absolute atomic E-state index is 14.1. The smallest absolute Gasteiger partial charge is 0.335 e. The summed E-state index contributed by atoms with van der Waals surface area (Å²) < 4.78 is 25.8. The molecule has 0 atom stereocenters. The van der Waals surface area contributed by atoms with Crippen molar-refractivity contribution in [3.63, 3.8) is 0 Å². The summed E-state index contributed by atoms with van der Waals surface area (Å²) in [4.78, 5) is 16.4. The Morgan fingerprint density at radius 1 is 1.06 bits per heavy atom. The van der Waals surface area contributed by atoms with Crippen LogP contribution < -0.4 is 4.74 Å². The van der Waals surface area contributed by atoms with E-state index in [1.165, 1.54) is 18.2 Å². The highest BCUT2D eigenvalue weighted by Crippen LogP contribution is 2.43. The number of carboxylic acids is 1. The van der Waals surface area contributed by atoms with Crippen molar-refractivity contribution in [1.29, 1.82) is 0 Å². The number of carbonyl (C=O) groups is 1. The van der Waals surface area contributed by atoms with Crippen molar-refractivity contribution in [3.05, 3.63) is 83.3 Å². The average molecular weight is 474 g/mol. The third-order valence-corrected chi connectivity index (χ3v) is 6.33. The molecule has 1 aliphatic heterocycles.